The van der Waals surface area contributed by atoms with Gasteiger partial charge in [-0.2, -0.15) is 0 Å². The minimum atomic E-state index is -4.15. The van der Waals surface area contributed by atoms with Crippen molar-refractivity contribution in [3.8, 4) is 0 Å². The first-order valence-corrected chi connectivity index (χ1v) is 8.65. The maximum absolute atomic E-state index is 14.2. The quantitative estimate of drug-likeness (QED) is 0.811. The van der Waals surface area contributed by atoms with Crippen LogP contribution in [0.3, 0.4) is 0 Å². The second-order valence-corrected chi connectivity index (χ2v) is 7.50. The fraction of sp³-hybridized carbons (Fsp3) is 0.571. The van der Waals surface area contributed by atoms with Crippen molar-refractivity contribution in [1.29, 1.82) is 0 Å². The summed E-state index contributed by atoms with van der Waals surface area (Å²) < 4.78 is 54.9. The van der Waals surface area contributed by atoms with Crippen molar-refractivity contribution in [2.24, 2.45) is 5.92 Å². The Hall–Kier alpha value is -1.61. The average molecular weight is 348 g/mol. The molecule has 0 spiro atoms. The number of hydrogen-bond acceptors (Lipinski definition) is 4. The minimum Gasteiger partial charge on any atom is -0.481 e. The third-order valence-corrected chi connectivity index (χ3v) is 5.39. The molecule has 23 heavy (non-hydrogen) atoms. The lowest BCUT2D eigenvalue weighted by Gasteiger charge is -2.25. The number of carboxylic acids is 1. The van der Waals surface area contributed by atoms with Crippen molar-refractivity contribution in [2.75, 3.05) is 0 Å². The molecule has 2 rings (SSSR count). The summed E-state index contributed by atoms with van der Waals surface area (Å²) in [6, 6.07) is -0.290. The van der Waals surface area contributed by atoms with Gasteiger partial charge in [0, 0.05) is 18.8 Å². The molecule has 0 bridgehead atoms. The molecule has 1 aromatic rings. The zero-order valence-corrected chi connectivity index (χ0v) is 13.3. The maximum Gasteiger partial charge on any atom is 0.306 e. The predicted molar refractivity (Wildman–Crippen MR) is 77.6 cm³/mol. The molecule has 0 radical (unpaired) electrons. The normalized spacial score (nSPS) is 24.8. The van der Waals surface area contributed by atoms with Gasteiger partial charge in [0.2, 0.25) is 10.0 Å². The van der Waals surface area contributed by atoms with Gasteiger partial charge in [0.15, 0.2) is 0 Å². The van der Waals surface area contributed by atoms with Gasteiger partial charge in [0.1, 0.15) is 4.90 Å². The van der Waals surface area contributed by atoms with Gasteiger partial charge in [0.25, 0.3) is 5.92 Å². The number of sulfonamides is 1. The smallest absolute Gasteiger partial charge is 0.306 e. The van der Waals surface area contributed by atoms with Gasteiger partial charge < -0.3 is 5.11 Å². The molecule has 2 atom stereocenters. The summed E-state index contributed by atoms with van der Waals surface area (Å²) in [5.74, 6) is -5.31. The van der Waals surface area contributed by atoms with Crippen molar-refractivity contribution in [3.63, 3.8) is 0 Å². The van der Waals surface area contributed by atoms with E-state index in [1.807, 2.05) is 4.72 Å². The standard InChI is InChI=1S/C14H18F2N2O4S/c1-9-6-11(8-17-7-9)23(21,22)18-12-3-2-10(13(19)20)4-5-14(12,15)16/h6-8,10,12,18H,2-5H2,1H3,(H,19,20)/t10-,12-/m1/s1. The summed E-state index contributed by atoms with van der Waals surface area (Å²) in [6.45, 7) is 1.64. The second kappa shape index (κ2) is 6.48. The zero-order chi connectivity index (χ0) is 17.3. The molecule has 128 valence electrons. The van der Waals surface area contributed by atoms with E-state index in [1.165, 1.54) is 12.3 Å². The number of aliphatic carboxylic acids is 1. The molecule has 0 aromatic carbocycles. The van der Waals surface area contributed by atoms with Crippen LogP contribution in [0.1, 0.15) is 31.2 Å². The fourth-order valence-corrected chi connectivity index (χ4v) is 3.93. The Morgan fingerprint density at radius 3 is 2.65 bits per heavy atom. The number of alkyl halides is 2. The molecule has 0 unspecified atom stereocenters. The van der Waals surface area contributed by atoms with Crippen molar-refractivity contribution in [1.82, 2.24) is 9.71 Å². The number of aromatic nitrogens is 1. The molecule has 1 fully saturated rings. The molecular formula is C14H18F2N2O4S. The van der Waals surface area contributed by atoms with Gasteiger partial charge in [-0.25, -0.2) is 21.9 Å². The van der Waals surface area contributed by atoms with E-state index >= 15 is 0 Å². The van der Waals surface area contributed by atoms with Crippen LogP contribution >= 0.6 is 0 Å². The molecule has 1 aliphatic rings. The van der Waals surface area contributed by atoms with E-state index in [2.05, 4.69) is 4.98 Å². The summed E-state index contributed by atoms with van der Waals surface area (Å²) in [5, 5.41) is 8.97. The van der Waals surface area contributed by atoms with Crippen LogP contribution in [0.5, 0.6) is 0 Å². The molecule has 1 saturated carbocycles. The molecule has 1 heterocycles. The van der Waals surface area contributed by atoms with Crippen LogP contribution in [-0.4, -0.2) is 36.4 Å². The lowest BCUT2D eigenvalue weighted by molar-refractivity contribution is -0.142. The Kier molecular flexibility index (Phi) is 5.00. The van der Waals surface area contributed by atoms with Crippen LogP contribution in [0.4, 0.5) is 8.78 Å². The van der Waals surface area contributed by atoms with Gasteiger partial charge in [-0.1, -0.05) is 0 Å². The van der Waals surface area contributed by atoms with E-state index in [1.54, 1.807) is 6.92 Å². The van der Waals surface area contributed by atoms with Gasteiger partial charge in [0.05, 0.1) is 12.0 Å². The summed E-state index contributed by atoms with van der Waals surface area (Å²) in [6.07, 6.45) is 1.48. The molecular weight excluding hydrogens is 330 g/mol. The lowest BCUT2D eigenvalue weighted by atomic mass is 10.0. The van der Waals surface area contributed by atoms with Crippen LogP contribution in [0, 0.1) is 12.8 Å². The van der Waals surface area contributed by atoms with E-state index in [-0.39, 0.29) is 24.2 Å². The highest BCUT2D eigenvalue weighted by molar-refractivity contribution is 7.89. The number of aryl methyl sites for hydroxylation is 1. The Balaban J connectivity index is 2.21. The summed E-state index contributed by atoms with van der Waals surface area (Å²) in [4.78, 5) is 14.5. The summed E-state index contributed by atoms with van der Waals surface area (Å²) >= 11 is 0. The van der Waals surface area contributed by atoms with E-state index in [0.717, 1.165) is 6.20 Å². The number of pyridine rings is 1. The predicted octanol–water partition coefficient (Wildman–Crippen LogP) is 1.95. The Morgan fingerprint density at radius 1 is 1.35 bits per heavy atom. The number of carboxylic acid groups (broad SMARTS) is 1. The molecule has 6 nitrogen and oxygen atoms in total. The van der Waals surface area contributed by atoms with E-state index in [0.29, 0.717) is 5.56 Å². The highest BCUT2D eigenvalue weighted by Gasteiger charge is 2.45. The van der Waals surface area contributed by atoms with Gasteiger partial charge >= 0.3 is 5.97 Å². The van der Waals surface area contributed by atoms with Crippen LogP contribution in [0.2, 0.25) is 0 Å². The highest BCUT2D eigenvalue weighted by Crippen LogP contribution is 2.35. The number of nitrogens with zero attached hydrogens (tertiary/aromatic N) is 1. The van der Waals surface area contributed by atoms with Crippen LogP contribution in [0.15, 0.2) is 23.4 Å². The molecule has 0 aliphatic heterocycles. The van der Waals surface area contributed by atoms with Crippen LogP contribution in [-0.2, 0) is 14.8 Å². The molecule has 0 saturated heterocycles. The first-order valence-electron chi connectivity index (χ1n) is 7.16. The molecule has 2 N–H and O–H groups in total. The van der Waals surface area contributed by atoms with Gasteiger partial charge in [-0.05, 0) is 37.8 Å². The van der Waals surface area contributed by atoms with Crippen molar-refractivity contribution < 1.29 is 27.1 Å². The number of carbonyl (C=O) groups is 1. The van der Waals surface area contributed by atoms with E-state index < -0.39 is 40.3 Å². The van der Waals surface area contributed by atoms with Crippen LogP contribution in [0.25, 0.3) is 0 Å². The maximum atomic E-state index is 14.2. The molecule has 1 aromatic heterocycles. The third-order valence-electron chi connectivity index (χ3n) is 3.95. The topological polar surface area (TPSA) is 96.4 Å². The lowest BCUT2D eigenvalue weighted by Crippen LogP contribution is -2.46. The van der Waals surface area contributed by atoms with Crippen molar-refractivity contribution in [3.05, 3.63) is 24.0 Å². The van der Waals surface area contributed by atoms with Crippen LogP contribution < -0.4 is 4.72 Å². The number of hydrogen-bond donors (Lipinski definition) is 2. The SMILES string of the molecule is Cc1cncc(S(=O)(=O)N[C@@H]2CC[C@@H](C(=O)O)CCC2(F)F)c1. The summed E-state index contributed by atoms with van der Waals surface area (Å²) in [7, 11) is -4.15. The first-order chi connectivity index (χ1) is 10.6. The Labute approximate surface area is 133 Å². The minimum absolute atomic E-state index is 0.00414. The number of rotatable bonds is 4. The van der Waals surface area contributed by atoms with E-state index in [4.69, 9.17) is 5.11 Å². The fourth-order valence-electron chi connectivity index (χ4n) is 2.59. The Bertz CT molecular complexity index is 694. The second-order valence-electron chi connectivity index (χ2n) is 5.78. The average Bonchev–Trinajstić information content (AvgIpc) is 2.58. The number of halogens is 2. The van der Waals surface area contributed by atoms with Gasteiger partial charge in [-0.15, -0.1) is 0 Å². The van der Waals surface area contributed by atoms with E-state index in [9.17, 15) is 22.0 Å². The highest BCUT2D eigenvalue weighted by atomic mass is 32.2. The van der Waals surface area contributed by atoms with Gasteiger partial charge in [-0.3, -0.25) is 9.78 Å². The third kappa shape index (κ3) is 4.23. The first kappa shape index (κ1) is 17.7. The molecule has 1 aliphatic carbocycles. The Morgan fingerprint density at radius 2 is 2.04 bits per heavy atom. The van der Waals surface area contributed by atoms with Crippen molar-refractivity contribution in [2.45, 2.75) is 49.5 Å². The number of nitrogens with one attached hydrogen (secondary N) is 1. The largest absolute Gasteiger partial charge is 0.481 e. The zero-order valence-electron chi connectivity index (χ0n) is 12.5. The molecule has 9 heteroatoms. The monoisotopic (exact) mass is 348 g/mol. The molecule has 0 amide bonds. The van der Waals surface area contributed by atoms with Crippen molar-refractivity contribution >= 4 is 16.0 Å². The summed E-state index contributed by atoms with van der Waals surface area (Å²) in [5.41, 5.74) is 0.589.